The van der Waals surface area contributed by atoms with Gasteiger partial charge in [-0.3, -0.25) is 9.69 Å². The Morgan fingerprint density at radius 3 is 2.58 bits per heavy atom. The molecule has 1 aliphatic rings. The van der Waals surface area contributed by atoms with E-state index < -0.39 is 5.97 Å². The predicted octanol–water partition coefficient (Wildman–Crippen LogP) is 3.47. The molecule has 1 aliphatic carbocycles. The Balaban J connectivity index is 2.12. The summed E-state index contributed by atoms with van der Waals surface area (Å²) in [4.78, 5) is 13.2. The summed E-state index contributed by atoms with van der Waals surface area (Å²) in [5.74, 6) is -0.700. The monoisotopic (exact) mass is 261 g/mol. The first-order chi connectivity index (χ1) is 9.22. The second-order valence-corrected chi connectivity index (χ2v) is 5.33. The van der Waals surface area contributed by atoms with Crippen molar-refractivity contribution >= 4 is 5.97 Å². The van der Waals surface area contributed by atoms with Crippen LogP contribution in [-0.4, -0.2) is 28.6 Å². The van der Waals surface area contributed by atoms with E-state index in [2.05, 4.69) is 36.1 Å². The molecule has 0 aromatic heterocycles. The zero-order chi connectivity index (χ0) is 13.7. The number of aliphatic carboxylic acids is 1. The van der Waals surface area contributed by atoms with Gasteiger partial charge in [0.15, 0.2) is 0 Å². The summed E-state index contributed by atoms with van der Waals surface area (Å²) in [7, 11) is 0. The molecule has 0 aliphatic heterocycles. The number of carboxylic acids is 1. The molecule has 1 saturated carbocycles. The van der Waals surface area contributed by atoms with E-state index in [1.807, 2.05) is 6.07 Å². The van der Waals surface area contributed by atoms with E-state index in [0.717, 1.165) is 12.8 Å². The van der Waals surface area contributed by atoms with Gasteiger partial charge in [0, 0.05) is 18.6 Å². The van der Waals surface area contributed by atoms with Crippen LogP contribution < -0.4 is 0 Å². The lowest BCUT2D eigenvalue weighted by atomic mass is 10.00. The zero-order valence-electron chi connectivity index (χ0n) is 11.6. The maximum absolute atomic E-state index is 10.8. The van der Waals surface area contributed by atoms with Crippen molar-refractivity contribution in [2.75, 3.05) is 6.54 Å². The molecule has 1 fully saturated rings. The molecule has 0 heterocycles. The smallest absolute Gasteiger partial charge is 0.304 e. The number of hydrogen-bond acceptors (Lipinski definition) is 2. The average Bonchev–Trinajstić information content (AvgIpc) is 3.23. The van der Waals surface area contributed by atoms with Crippen LogP contribution in [0.1, 0.15) is 50.6 Å². The van der Waals surface area contributed by atoms with Crippen LogP contribution >= 0.6 is 0 Å². The van der Waals surface area contributed by atoms with Gasteiger partial charge < -0.3 is 5.11 Å². The second-order valence-electron chi connectivity index (χ2n) is 5.33. The molecule has 1 N–H and O–H groups in total. The normalized spacial score (nSPS) is 16.5. The molecule has 1 unspecified atom stereocenters. The van der Waals surface area contributed by atoms with Crippen molar-refractivity contribution in [3.8, 4) is 0 Å². The van der Waals surface area contributed by atoms with Crippen molar-refractivity contribution in [3.63, 3.8) is 0 Å². The predicted molar refractivity (Wildman–Crippen MR) is 76.1 cm³/mol. The molecule has 1 aromatic rings. The fourth-order valence-corrected chi connectivity index (χ4v) is 2.70. The van der Waals surface area contributed by atoms with E-state index in [0.29, 0.717) is 18.6 Å². The minimum absolute atomic E-state index is 0.240. The fraction of sp³-hybridized carbons (Fsp3) is 0.562. The zero-order valence-corrected chi connectivity index (χ0v) is 11.6. The van der Waals surface area contributed by atoms with Crippen LogP contribution in [-0.2, 0) is 4.79 Å². The third kappa shape index (κ3) is 4.06. The Bertz CT molecular complexity index is 400. The molecule has 19 heavy (non-hydrogen) atoms. The van der Waals surface area contributed by atoms with Gasteiger partial charge >= 0.3 is 5.97 Å². The SMILES string of the molecule is CCCC(c1ccccc1)N(CCC(=O)O)C1CC1. The highest BCUT2D eigenvalue weighted by molar-refractivity contribution is 5.66. The van der Waals surface area contributed by atoms with Crippen LogP contribution in [0.3, 0.4) is 0 Å². The summed E-state index contributed by atoms with van der Waals surface area (Å²) >= 11 is 0. The van der Waals surface area contributed by atoms with Gasteiger partial charge in [0.25, 0.3) is 0 Å². The quantitative estimate of drug-likeness (QED) is 0.779. The van der Waals surface area contributed by atoms with E-state index in [1.54, 1.807) is 0 Å². The maximum Gasteiger partial charge on any atom is 0.304 e. The summed E-state index contributed by atoms with van der Waals surface area (Å²) in [6, 6.07) is 11.5. The molecule has 0 spiro atoms. The number of carbonyl (C=O) groups is 1. The molecule has 0 radical (unpaired) electrons. The Kier molecular flexibility index (Phi) is 4.97. The third-order valence-corrected chi connectivity index (χ3v) is 3.75. The van der Waals surface area contributed by atoms with Crippen LogP contribution in [0.5, 0.6) is 0 Å². The van der Waals surface area contributed by atoms with E-state index >= 15 is 0 Å². The second kappa shape index (κ2) is 6.71. The van der Waals surface area contributed by atoms with Gasteiger partial charge in [0.1, 0.15) is 0 Å². The van der Waals surface area contributed by atoms with E-state index in [1.165, 1.54) is 18.4 Å². The molecule has 3 heteroatoms. The molecule has 0 saturated heterocycles. The van der Waals surface area contributed by atoms with Crippen LogP contribution in [0.4, 0.5) is 0 Å². The number of rotatable bonds is 8. The fourth-order valence-electron chi connectivity index (χ4n) is 2.70. The van der Waals surface area contributed by atoms with E-state index in [9.17, 15) is 4.79 Å². The van der Waals surface area contributed by atoms with Gasteiger partial charge in [0.05, 0.1) is 6.42 Å². The van der Waals surface area contributed by atoms with Crippen molar-refractivity contribution in [2.24, 2.45) is 0 Å². The molecule has 104 valence electrons. The van der Waals surface area contributed by atoms with Crippen LogP contribution in [0.15, 0.2) is 30.3 Å². The van der Waals surface area contributed by atoms with Crippen molar-refractivity contribution in [1.29, 1.82) is 0 Å². The molecular formula is C16H23NO2. The molecule has 1 aromatic carbocycles. The van der Waals surface area contributed by atoms with Crippen molar-refractivity contribution in [3.05, 3.63) is 35.9 Å². The van der Waals surface area contributed by atoms with Gasteiger partial charge in [-0.15, -0.1) is 0 Å². The largest absolute Gasteiger partial charge is 0.481 e. The molecule has 1 atom stereocenters. The van der Waals surface area contributed by atoms with Gasteiger partial charge in [-0.25, -0.2) is 0 Å². The number of hydrogen-bond donors (Lipinski definition) is 1. The van der Waals surface area contributed by atoms with Crippen LogP contribution in [0.25, 0.3) is 0 Å². The highest BCUT2D eigenvalue weighted by Gasteiger charge is 2.34. The van der Waals surface area contributed by atoms with Gasteiger partial charge in [-0.1, -0.05) is 43.7 Å². The number of nitrogens with zero attached hydrogens (tertiary/aromatic N) is 1. The minimum atomic E-state index is -0.700. The number of benzene rings is 1. The lowest BCUT2D eigenvalue weighted by molar-refractivity contribution is -0.137. The summed E-state index contributed by atoms with van der Waals surface area (Å²) in [6.07, 6.45) is 4.89. The van der Waals surface area contributed by atoms with Crippen LogP contribution in [0, 0.1) is 0 Å². The summed E-state index contributed by atoms with van der Waals surface area (Å²) in [5, 5.41) is 8.92. The molecular weight excluding hydrogens is 238 g/mol. The molecule has 0 amide bonds. The van der Waals surface area contributed by atoms with Crippen LogP contribution in [0.2, 0.25) is 0 Å². The highest BCUT2D eigenvalue weighted by Crippen LogP contribution is 2.36. The first kappa shape index (κ1) is 14.1. The van der Waals surface area contributed by atoms with Gasteiger partial charge in [0.2, 0.25) is 0 Å². The van der Waals surface area contributed by atoms with Gasteiger partial charge in [-0.2, -0.15) is 0 Å². The first-order valence-electron chi connectivity index (χ1n) is 7.25. The summed E-state index contributed by atoms with van der Waals surface area (Å²) in [5.41, 5.74) is 1.32. The van der Waals surface area contributed by atoms with Gasteiger partial charge in [-0.05, 0) is 24.8 Å². The molecule has 3 nitrogen and oxygen atoms in total. The Hall–Kier alpha value is -1.35. The van der Waals surface area contributed by atoms with E-state index in [4.69, 9.17) is 5.11 Å². The summed E-state index contributed by atoms with van der Waals surface area (Å²) in [6.45, 7) is 2.86. The summed E-state index contributed by atoms with van der Waals surface area (Å²) < 4.78 is 0. The highest BCUT2D eigenvalue weighted by atomic mass is 16.4. The molecule has 0 bridgehead atoms. The standard InChI is InChI=1S/C16H23NO2/c1-2-6-15(13-7-4-3-5-8-13)17(14-9-10-14)12-11-16(18)19/h3-5,7-8,14-15H,2,6,9-12H2,1H3,(H,18,19). The Labute approximate surface area is 115 Å². The van der Waals surface area contributed by atoms with Crippen molar-refractivity contribution in [2.45, 2.75) is 51.1 Å². The number of carboxylic acid groups (broad SMARTS) is 1. The van der Waals surface area contributed by atoms with Crippen molar-refractivity contribution in [1.82, 2.24) is 4.90 Å². The first-order valence-corrected chi connectivity index (χ1v) is 7.25. The third-order valence-electron chi connectivity index (χ3n) is 3.75. The lowest BCUT2D eigenvalue weighted by Gasteiger charge is -2.32. The minimum Gasteiger partial charge on any atom is -0.481 e. The van der Waals surface area contributed by atoms with Crippen molar-refractivity contribution < 1.29 is 9.90 Å². The molecule has 2 rings (SSSR count). The lowest BCUT2D eigenvalue weighted by Crippen LogP contribution is -2.33. The maximum atomic E-state index is 10.8. The topological polar surface area (TPSA) is 40.5 Å². The average molecular weight is 261 g/mol. The Morgan fingerprint density at radius 1 is 1.37 bits per heavy atom. The Morgan fingerprint density at radius 2 is 2.05 bits per heavy atom. The van der Waals surface area contributed by atoms with E-state index in [-0.39, 0.29) is 6.42 Å².